The van der Waals surface area contributed by atoms with E-state index in [4.69, 9.17) is 11.6 Å². The first-order chi connectivity index (χ1) is 9.56. The van der Waals surface area contributed by atoms with Crippen LogP contribution in [-0.2, 0) is 4.79 Å². The Labute approximate surface area is 120 Å². The molecule has 2 aromatic rings. The highest BCUT2D eigenvalue weighted by Gasteiger charge is 2.34. The van der Waals surface area contributed by atoms with Gasteiger partial charge in [-0.25, -0.2) is 0 Å². The van der Waals surface area contributed by atoms with Crippen molar-refractivity contribution >= 4 is 29.1 Å². The fourth-order valence-corrected chi connectivity index (χ4v) is 2.69. The minimum Gasteiger partial charge on any atom is -0.309 e. The molecule has 0 aliphatic carbocycles. The number of aromatic amines is 1. The zero-order chi connectivity index (χ0) is 14.3. The molecule has 0 saturated heterocycles. The van der Waals surface area contributed by atoms with Crippen LogP contribution in [0.1, 0.15) is 34.0 Å². The lowest BCUT2D eigenvalue weighted by atomic mass is 9.85. The maximum absolute atomic E-state index is 12.6. The Bertz CT molecular complexity index is 708. The number of hydrogen-bond donors (Lipinski definition) is 2. The van der Waals surface area contributed by atoms with E-state index in [-0.39, 0.29) is 18.1 Å². The van der Waals surface area contributed by atoms with Gasteiger partial charge in [0.25, 0.3) is 0 Å². The van der Waals surface area contributed by atoms with Crippen LogP contribution in [0, 0.1) is 6.92 Å². The van der Waals surface area contributed by atoms with Crippen LogP contribution >= 0.6 is 11.6 Å². The fourth-order valence-electron chi connectivity index (χ4n) is 2.50. The third-order valence-corrected chi connectivity index (χ3v) is 3.65. The molecule has 2 heterocycles. The number of aryl methyl sites for hydroxylation is 1. The second kappa shape index (κ2) is 4.76. The van der Waals surface area contributed by atoms with E-state index < -0.39 is 5.92 Å². The standard InChI is InChI=1S/C14H12ClN3O2/c1-7-12-10(6-11(19)16-14(12)18-17-7)13(20)8-3-2-4-9(15)5-8/h2-5,10H,6H2,1H3,(H2,16,17,18,19)/t10-/m1/s1. The number of anilines is 1. The largest absolute Gasteiger partial charge is 0.309 e. The van der Waals surface area contributed by atoms with Crippen LogP contribution in [0.15, 0.2) is 24.3 Å². The molecule has 0 bridgehead atoms. The van der Waals surface area contributed by atoms with Gasteiger partial charge in [0.05, 0.1) is 5.92 Å². The summed E-state index contributed by atoms with van der Waals surface area (Å²) in [4.78, 5) is 24.3. The molecule has 2 N–H and O–H groups in total. The molecule has 1 atom stereocenters. The van der Waals surface area contributed by atoms with Gasteiger partial charge in [-0.15, -0.1) is 0 Å². The van der Waals surface area contributed by atoms with Gasteiger partial charge in [0.2, 0.25) is 5.91 Å². The molecule has 1 aliphatic rings. The van der Waals surface area contributed by atoms with E-state index in [1.165, 1.54) is 0 Å². The van der Waals surface area contributed by atoms with Crippen LogP contribution in [0.3, 0.4) is 0 Å². The van der Waals surface area contributed by atoms with Crippen molar-refractivity contribution in [3.8, 4) is 0 Å². The highest BCUT2D eigenvalue weighted by atomic mass is 35.5. The first-order valence-electron chi connectivity index (χ1n) is 6.20. The van der Waals surface area contributed by atoms with Gasteiger partial charge >= 0.3 is 0 Å². The molecule has 3 rings (SSSR count). The quantitative estimate of drug-likeness (QED) is 0.835. The molecular weight excluding hydrogens is 278 g/mol. The lowest BCUT2D eigenvalue weighted by Crippen LogP contribution is -2.27. The van der Waals surface area contributed by atoms with E-state index in [9.17, 15) is 9.59 Å². The average Bonchev–Trinajstić information content (AvgIpc) is 2.78. The van der Waals surface area contributed by atoms with Gasteiger partial charge in [0.1, 0.15) is 0 Å². The van der Waals surface area contributed by atoms with Crippen molar-refractivity contribution < 1.29 is 9.59 Å². The van der Waals surface area contributed by atoms with Gasteiger partial charge in [-0.2, -0.15) is 5.10 Å². The monoisotopic (exact) mass is 289 g/mol. The normalized spacial score (nSPS) is 17.5. The summed E-state index contributed by atoms with van der Waals surface area (Å²) < 4.78 is 0. The summed E-state index contributed by atoms with van der Waals surface area (Å²) in [7, 11) is 0. The van der Waals surface area contributed by atoms with E-state index in [1.54, 1.807) is 24.3 Å². The van der Waals surface area contributed by atoms with Crippen molar-refractivity contribution in [1.29, 1.82) is 0 Å². The van der Waals surface area contributed by atoms with Crippen molar-refractivity contribution in [2.24, 2.45) is 0 Å². The molecule has 0 unspecified atom stereocenters. The van der Waals surface area contributed by atoms with E-state index >= 15 is 0 Å². The average molecular weight is 290 g/mol. The number of halogens is 1. The van der Waals surface area contributed by atoms with E-state index in [0.29, 0.717) is 16.4 Å². The van der Waals surface area contributed by atoms with Crippen molar-refractivity contribution in [2.75, 3.05) is 5.32 Å². The molecule has 1 aromatic carbocycles. The first kappa shape index (κ1) is 12.9. The van der Waals surface area contributed by atoms with Crippen LogP contribution in [-0.4, -0.2) is 21.9 Å². The number of Topliss-reactive ketones (excluding diaryl/α,β-unsaturated/α-hetero) is 1. The molecule has 0 spiro atoms. The Morgan fingerprint density at radius 1 is 1.45 bits per heavy atom. The topological polar surface area (TPSA) is 74.8 Å². The van der Waals surface area contributed by atoms with Crippen molar-refractivity contribution in [3.63, 3.8) is 0 Å². The minimum atomic E-state index is -0.518. The molecule has 6 heteroatoms. The summed E-state index contributed by atoms with van der Waals surface area (Å²) in [6.45, 7) is 1.83. The van der Waals surface area contributed by atoms with E-state index in [1.807, 2.05) is 6.92 Å². The minimum absolute atomic E-state index is 0.117. The van der Waals surface area contributed by atoms with Crippen LogP contribution in [0.5, 0.6) is 0 Å². The Balaban J connectivity index is 2.04. The predicted molar refractivity (Wildman–Crippen MR) is 75.1 cm³/mol. The summed E-state index contributed by atoms with van der Waals surface area (Å²) in [5, 5.41) is 9.99. The third-order valence-electron chi connectivity index (χ3n) is 3.42. The van der Waals surface area contributed by atoms with E-state index in [0.717, 1.165) is 11.3 Å². The summed E-state index contributed by atoms with van der Waals surface area (Å²) in [5.41, 5.74) is 2.05. The van der Waals surface area contributed by atoms with Gasteiger partial charge in [-0.3, -0.25) is 14.7 Å². The second-order valence-electron chi connectivity index (χ2n) is 4.79. The van der Waals surface area contributed by atoms with Crippen molar-refractivity contribution in [2.45, 2.75) is 19.3 Å². The van der Waals surface area contributed by atoms with Crippen LogP contribution in [0.2, 0.25) is 5.02 Å². The summed E-state index contributed by atoms with van der Waals surface area (Å²) in [6, 6.07) is 6.75. The number of H-pyrrole nitrogens is 1. The molecule has 0 saturated carbocycles. The highest BCUT2D eigenvalue weighted by Crippen LogP contribution is 2.35. The fraction of sp³-hybridized carbons (Fsp3) is 0.214. The number of hydrogen-bond acceptors (Lipinski definition) is 3. The number of nitrogens with zero attached hydrogens (tertiary/aromatic N) is 1. The van der Waals surface area contributed by atoms with Crippen LogP contribution < -0.4 is 5.32 Å². The Morgan fingerprint density at radius 3 is 3.00 bits per heavy atom. The molecule has 0 fully saturated rings. The first-order valence-corrected chi connectivity index (χ1v) is 6.58. The van der Waals surface area contributed by atoms with Gasteiger partial charge in [-0.1, -0.05) is 23.7 Å². The number of ketones is 1. The zero-order valence-corrected chi connectivity index (χ0v) is 11.5. The number of nitrogens with one attached hydrogen (secondary N) is 2. The number of aromatic nitrogens is 2. The highest BCUT2D eigenvalue weighted by molar-refractivity contribution is 6.31. The number of carbonyl (C=O) groups is 2. The maximum Gasteiger partial charge on any atom is 0.226 e. The summed E-state index contributed by atoms with van der Waals surface area (Å²) >= 11 is 5.92. The Hall–Kier alpha value is -2.14. The lowest BCUT2D eigenvalue weighted by Gasteiger charge is -2.21. The molecule has 1 amide bonds. The Morgan fingerprint density at radius 2 is 2.25 bits per heavy atom. The number of carbonyl (C=O) groups excluding carboxylic acids is 2. The number of fused-ring (bicyclic) bond motifs is 1. The summed E-state index contributed by atoms with van der Waals surface area (Å²) in [5.74, 6) is -0.396. The van der Waals surface area contributed by atoms with Gasteiger partial charge < -0.3 is 5.32 Å². The smallest absolute Gasteiger partial charge is 0.226 e. The molecule has 5 nitrogen and oxygen atoms in total. The van der Waals surface area contributed by atoms with Crippen LogP contribution in [0.25, 0.3) is 0 Å². The van der Waals surface area contributed by atoms with Gasteiger partial charge in [0.15, 0.2) is 11.6 Å². The molecule has 1 aliphatic heterocycles. The van der Waals surface area contributed by atoms with Gasteiger partial charge in [-0.05, 0) is 19.1 Å². The summed E-state index contributed by atoms with van der Waals surface area (Å²) in [6.07, 6.45) is 0.124. The Kier molecular flexibility index (Phi) is 3.06. The van der Waals surface area contributed by atoms with Crippen molar-refractivity contribution in [1.82, 2.24) is 10.2 Å². The lowest BCUT2D eigenvalue weighted by molar-refractivity contribution is -0.116. The van der Waals surface area contributed by atoms with E-state index in [2.05, 4.69) is 15.5 Å². The molecule has 1 aromatic heterocycles. The number of rotatable bonds is 2. The molecule has 20 heavy (non-hydrogen) atoms. The van der Waals surface area contributed by atoms with Gasteiger partial charge in [0, 0.05) is 28.3 Å². The third kappa shape index (κ3) is 2.10. The molecule has 0 radical (unpaired) electrons. The number of amides is 1. The second-order valence-corrected chi connectivity index (χ2v) is 5.23. The van der Waals surface area contributed by atoms with Crippen LogP contribution in [0.4, 0.5) is 5.82 Å². The molecule has 102 valence electrons. The van der Waals surface area contributed by atoms with Crippen molar-refractivity contribution in [3.05, 3.63) is 46.1 Å². The molecular formula is C14H12ClN3O2. The SMILES string of the molecule is Cc1[nH]nc2c1[C@H](C(=O)c1cccc(Cl)c1)CC(=O)N2. The number of benzene rings is 1. The predicted octanol–water partition coefficient (Wildman–Crippen LogP) is 2.68. The zero-order valence-electron chi connectivity index (χ0n) is 10.7. The maximum atomic E-state index is 12.6.